The van der Waals surface area contributed by atoms with Crippen molar-refractivity contribution in [2.24, 2.45) is 0 Å². The number of rotatable bonds is 13. The number of hydrogen-bond acceptors (Lipinski definition) is 11. The summed E-state index contributed by atoms with van der Waals surface area (Å²) in [7, 11) is 7.33. The first-order valence-corrected chi connectivity index (χ1v) is 16.4. The number of pyridine rings is 1. The number of anilines is 6. The second-order valence-electron chi connectivity index (χ2n) is 13.7. The summed E-state index contributed by atoms with van der Waals surface area (Å²) < 4.78 is 11.2. The Balaban J connectivity index is 1.56. The Morgan fingerprint density at radius 2 is 1.76 bits per heavy atom. The summed E-state index contributed by atoms with van der Waals surface area (Å²) in [6.45, 7) is 12.7. The average Bonchev–Trinajstić information content (AvgIpc) is 3.32. The van der Waals surface area contributed by atoms with Crippen LogP contribution in [0.2, 0.25) is 0 Å². The van der Waals surface area contributed by atoms with E-state index in [0.29, 0.717) is 41.7 Å². The minimum absolute atomic E-state index is 0.0710. The number of fused-ring (bicyclic) bond motifs is 1. The van der Waals surface area contributed by atoms with Crippen LogP contribution >= 0.6 is 0 Å². The van der Waals surface area contributed by atoms with Crippen molar-refractivity contribution in [2.75, 3.05) is 68.8 Å². The number of carboxylic acids is 1. The van der Waals surface area contributed by atoms with Crippen LogP contribution < -0.4 is 30.3 Å². The molecule has 0 bridgehead atoms. The van der Waals surface area contributed by atoms with Crippen molar-refractivity contribution >= 4 is 40.5 Å². The summed E-state index contributed by atoms with van der Waals surface area (Å²) in [6.07, 6.45) is 0. The molecular formula is C37H48N8O4. The third-order valence-electron chi connectivity index (χ3n) is 8.72. The third kappa shape index (κ3) is 7.49. The first-order valence-electron chi connectivity index (χ1n) is 16.4. The predicted molar refractivity (Wildman–Crippen MR) is 195 cm³/mol. The zero-order chi connectivity index (χ0) is 35.6. The molecule has 0 fully saturated rings. The largest absolute Gasteiger partial charge is 0.497 e. The van der Waals surface area contributed by atoms with Gasteiger partial charge in [-0.25, -0.2) is 9.78 Å². The van der Waals surface area contributed by atoms with Crippen LogP contribution in [0, 0.1) is 6.92 Å². The molecule has 0 spiro atoms. The molecule has 0 atom stereocenters. The number of nitrogens with two attached hydrogens (primary N) is 1. The van der Waals surface area contributed by atoms with E-state index in [1.54, 1.807) is 14.2 Å². The minimum Gasteiger partial charge on any atom is -0.497 e. The molecule has 0 saturated carbocycles. The van der Waals surface area contributed by atoms with Gasteiger partial charge < -0.3 is 40.3 Å². The van der Waals surface area contributed by atoms with E-state index in [9.17, 15) is 9.90 Å². The van der Waals surface area contributed by atoms with Crippen molar-refractivity contribution in [3.63, 3.8) is 0 Å². The smallest absolute Gasteiger partial charge is 0.341 e. The number of carboxylic acid groups (broad SMARTS) is 1. The van der Waals surface area contributed by atoms with E-state index in [1.807, 2.05) is 88.3 Å². The molecule has 0 saturated heterocycles. The molecule has 49 heavy (non-hydrogen) atoms. The topological polar surface area (TPSA) is 142 Å². The lowest BCUT2D eigenvalue weighted by Crippen LogP contribution is -2.32. The number of methoxy groups -OCH3 is 2. The van der Waals surface area contributed by atoms with Crippen LogP contribution in [-0.4, -0.2) is 78.9 Å². The van der Waals surface area contributed by atoms with E-state index in [1.165, 1.54) is 0 Å². The monoisotopic (exact) mass is 668 g/mol. The fourth-order valence-electron chi connectivity index (χ4n) is 6.15. The molecule has 260 valence electrons. The fraction of sp³-hybridized carbons (Fsp3) is 0.405. The summed E-state index contributed by atoms with van der Waals surface area (Å²) in [4.78, 5) is 33.5. The predicted octanol–water partition coefficient (Wildman–Crippen LogP) is 6.34. The number of likely N-dealkylation sites (N-methyl/N-ethyl adjacent to an activating group) is 1. The van der Waals surface area contributed by atoms with E-state index >= 15 is 0 Å². The van der Waals surface area contributed by atoms with Gasteiger partial charge in [-0.2, -0.15) is 4.98 Å². The first-order chi connectivity index (χ1) is 23.2. The van der Waals surface area contributed by atoms with E-state index in [-0.39, 0.29) is 22.8 Å². The second-order valence-corrected chi connectivity index (χ2v) is 13.7. The highest BCUT2D eigenvalue weighted by molar-refractivity contribution is 5.97. The Kier molecular flexibility index (Phi) is 10.2. The van der Waals surface area contributed by atoms with Crippen molar-refractivity contribution in [1.29, 1.82) is 0 Å². The van der Waals surface area contributed by atoms with Crippen LogP contribution in [0.25, 0.3) is 0 Å². The van der Waals surface area contributed by atoms with Crippen LogP contribution in [0.4, 0.5) is 34.5 Å². The van der Waals surface area contributed by atoms with Crippen molar-refractivity contribution in [1.82, 2.24) is 19.9 Å². The maximum atomic E-state index is 12.8. The zero-order valence-corrected chi connectivity index (χ0v) is 30.0. The third-order valence-corrected chi connectivity index (χ3v) is 8.72. The van der Waals surface area contributed by atoms with Crippen LogP contribution in [0.1, 0.15) is 66.6 Å². The lowest BCUT2D eigenvalue weighted by Gasteiger charge is -2.29. The lowest BCUT2D eigenvalue weighted by molar-refractivity contribution is 0.0695. The highest BCUT2D eigenvalue weighted by atomic mass is 16.5. The molecule has 12 nitrogen and oxygen atoms in total. The van der Waals surface area contributed by atoms with Gasteiger partial charge in [0, 0.05) is 43.4 Å². The normalized spacial score (nSPS) is 13.5. The quantitative estimate of drug-likeness (QED) is 0.137. The number of aromatic carboxylic acids is 1. The molecule has 5 rings (SSSR count). The van der Waals surface area contributed by atoms with Gasteiger partial charge in [0.25, 0.3) is 0 Å². The van der Waals surface area contributed by atoms with Crippen LogP contribution in [-0.2, 0) is 12.0 Å². The van der Waals surface area contributed by atoms with Gasteiger partial charge in [-0.05, 0) is 62.8 Å². The number of nitrogens with one attached hydrogen (secondary N) is 1. The second kappa shape index (κ2) is 14.2. The van der Waals surface area contributed by atoms with Crippen molar-refractivity contribution in [3.05, 3.63) is 76.7 Å². The highest BCUT2D eigenvalue weighted by Gasteiger charge is 2.40. The summed E-state index contributed by atoms with van der Waals surface area (Å²) in [5.74, 6) is 0.605. The van der Waals surface area contributed by atoms with E-state index in [0.717, 1.165) is 47.2 Å². The van der Waals surface area contributed by atoms with E-state index in [2.05, 4.69) is 29.0 Å². The molecule has 0 unspecified atom stereocenters. The minimum atomic E-state index is -1.09. The molecule has 2 aromatic carbocycles. The van der Waals surface area contributed by atoms with Gasteiger partial charge in [-0.3, -0.25) is 4.98 Å². The van der Waals surface area contributed by atoms with Crippen molar-refractivity contribution in [2.45, 2.75) is 52.5 Å². The first kappa shape index (κ1) is 35.2. The molecule has 4 aromatic rings. The van der Waals surface area contributed by atoms with Crippen molar-refractivity contribution < 1.29 is 19.4 Å². The maximum Gasteiger partial charge on any atom is 0.341 e. The van der Waals surface area contributed by atoms with Gasteiger partial charge in [-0.1, -0.05) is 39.8 Å². The molecule has 1 aliphatic heterocycles. The molecule has 0 radical (unpaired) electrons. The Morgan fingerprint density at radius 3 is 2.37 bits per heavy atom. The summed E-state index contributed by atoms with van der Waals surface area (Å²) in [5, 5.41) is 13.8. The number of nitrogens with zero attached hydrogens (tertiary/aromatic N) is 6. The molecule has 4 N–H and O–H groups in total. The molecule has 3 heterocycles. The van der Waals surface area contributed by atoms with Gasteiger partial charge in [-0.15, -0.1) is 0 Å². The molecule has 0 aliphatic carbocycles. The zero-order valence-electron chi connectivity index (χ0n) is 30.0. The Hall–Kier alpha value is -5.10. The number of ether oxygens (including phenoxy) is 2. The molecule has 1 aliphatic rings. The number of hydrogen-bond donors (Lipinski definition) is 3. The standard InChI is InChI=1S/C37H48N8O4/c1-22(2)32-31(35(46)47)34(45-21-37(4,5)33-28(45)15-10-23(3)39-33)42-36(41-32)40-27-18-26(38)29(19-30(27)49-9)44(17-16-43(6)7)20-24-11-13-25(48-8)14-12-24/h10-15,18-19,22H,16-17,20-21,38H2,1-9H3,(H,46,47)(H,40,41,42). The maximum absolute atomic E-state index is 12.8. The van der Waals surface area contributed by atoms with Gasteiger partial charge in [0.05, 0.1) is 48.4 Å². The number of aromatic nitrogens is 3. The van der Waals surface area contributed by atoms with Gasteiger partial charge in [0.1, 0.15) is 17.1 Å². The van der Waals surface area contributed by atoms with Crippen molar-refractivity contribution in [3.8, 4) is 11.5 Å². The highest BCUT2D eigenvalue weighted by Crippen LogP contribution is 2.45. The Morgan fingerprint density at radius 1 is 1.04 bits per heavy atom. The Bertz CT molecular complexity index is 1820. The SMILES string of the molecule is COc1ccc(CN(CCN(C)C)c2cc(OC)c(Nc3nc(C(C)C)c(C(=O)O)c(N4CC(C)(C)c5nc(C)ccc54)n3)cc2N)cc1. The van der Waals surface area contributed by atoms with Gasteiger partial charge in [0.2, 0.25) is 5.95 Å². The molecular weight excluding hydrogens is 620 g/mol. The van der Waals surface area contributed by atoms with Crippen LogP contribution in [0.3, 0.4) is 0 Å². The molecule has 12 heteroatoms. The molecule has 0 amide bonds. The number of nitrogen functional groups attached to an aromatic ring is 1. The summed E-state index contributed by atoms with van der Waals surface area (Å²) in [6, 6.07) is 15.6. The van der Waals surface area contributed by atoms with Crippen LogP contribution in [0.15, 0.2) is 48.5 Å². The number of aryl methyl sites for hydroxylation is 1. The van der Waals surface area contributed by atoms with Gasteiger partial charge >= 0.3 is 5.97 Å². The lowest BCUT2D eigenvalue weighted by atomic mass is 9.91. The van der Waals surface area contributed by atoms with Gasteiger partial charge in [0.15, 0.2) is 5.82 Å². The summed E-state index contributed by atoms with van der Waals surface area (Å²) >= 11 is 0. The number of benzene rings is 2. The van der Waals surface area contributed by atoms with Crippen LogP contribution in [0.5, 0.6) is 11.5 Å². The average molecular weight is 669 g/mol. The van der Waals surface area contributed by atoms with E-state index in [4.69, 9.17) is 30.2 Å². The Labute approximate surface area is 288 Å². The van der Waals surface area contributed by atoms with E-state index < -0.39 is 5.97 Å². The fourth-order valence-corrected chi connectivity index (χ4v) is 6.15. The summed E-state index contributed by atoms with van der Waals surface area (Å²) in [5.41, 5.74) is 12.6. The number of carbonyl (C=O) groups is 1. The molecule has 2 aromatic heterocycles.